The van der Waals surface area contributed by atoms with Crippen LogP contribution in [-0.2, 0) is 11.3 Å². The lowest BCUT2D eigenvalue weighted by Gasteiger charge is -2.17. The molecule has 0 amide bonds. The zero-order chi connectivity index (χ0) is 14.5. The molecule has 0 fully saturated rings. The van der Waals surface area contributed by atoms with Crippen LogP contribution in [0, 0.1) is 0 Å². The van der Waals surface area contributed by atoms with E-state index in [9.17, 15) is 5.11 Å². The monoisotopic (exact) mass is 340 g/mol. The van der Waals surface area contributed by atoms with Crippen molar-refractivity contribution in [1.29, 1.82) is 0 Å². The van der Waals surface area contributed by atoms with Crippen molar-refractivity contribution in [1.82, 2.24) is 9.78 Å². The maximum atomic E-state index is 10.6. The second-order valence-electron chi connectivity index (χ2n) is 4.24. The Kier molecular flexibility index (Phi) is 5.17. The van der Waals surface area contributed by atoms with Crippen LogP contribution >= 0.6 is 15.9 Å². The third kappa shape index (κ3) is 3.03. The third-order valence-corrected chi connectivity index (χ3v) is 3.64. The molecule has 20 heavy (non-hydrogen) atoms. The molecule has 5 nitrogen and oxygen atoms in total. The molecule has 6 heteroatoms. The number of para-hydroxylation sites is 1. The normalized spacial score (nSPS) is 12.4. The molecule has 2 aromatic rings. The Bertz CT molecular complexity index is 571. The highest BCUT2D eigenvalue weighted by Gasteiger charge is 2.22. The van der Waals surface area contributed by atoms with Crippen LogP contribution in [0.2, 0.25) is 0 Å². The average Bonchev–Trinajstić information content (AvgIpc) is 2.85. The Morgan fingerprint density at radius 1 is 1.35 bits per heavy atom. The van der Waals surface area contributed by atoms with E-state index < -0.39 is 6.10 Å². The Hall–Kier alpha value is -1.37. The summed E-state index contributed by atoms with van der Waals surface area (Å²) in [6, 6.07) is 7.39. The number of benzene rings is 1. The van der Waals surface area contributed by atoms with E-state index in [0.29, 0.717) is 30.2 Å². The maximum Gasteiger partial charge on any atom is 0.125 e. The first-order chi connectivity index (χ1) is 9.69. The standard InChI is InChI=1S/C14H17BrN2O3/c1-19-8-7-17-13(11(15)9-16-17)14(18)10-5-3-4-6-12(10)20-2/h3-6,9,14,18H,7-8H2,1-2H3. The Morgan fingerprint density at radius 3 is 2.80 bits per heavy atom. The van der Waals surface area contributed by atoms with E-state index in [0.717, 1.165) is 4.47 Å². The zero-order valence-electron chi connectivity index (χ0n) is 11.4. The SMILES string of the molecule is COCCn1ncc(Br)c1C(O)c1ccccc1OC. The molecule has 1 aromatic heterocycles. The van der Waals surface area contributed by atoms with Crippen molar-refractivity contribution < 1.29 is 14.6 Å². The third-order valence-electron chi connectivity index (χ3n) is 3.03. The van der Waals surface area contributed by atoms with Crippen molar-refractivity contribution >= 4 is 15.9 Å². The van der Waals surface area contributed by atoms with E-state index in [1.165, 1.54) is 0 Å². The highest BCUT2D eigenvalue weighted by atomic mass is 79.9. The van der Waals surface area contributed by atoms with Gasteiger partial charge < -0.3 is 14.6 Å². The Labute approximate surface area is 126 Å². The van der Waals surface area contributed by atoms with Gasteiger partial charge in [-0.1, -0.05) is 18.2 Å². The number of nitrogens with zero attached hydrogens (tertiary/aromatic N) is 2. The molecule has 1 unspecified atom stereocenters. The first-order valence-electron chi connectivity index (χ1n) is 6.20. The van der Waals surface area contributed by atoms with Crippen LogP contribution in [-0.4, -0.2) is 35.7 Å². The first-order valence-corrected chi connectivity index (χ1v) is 6.99. The molecule has 0 saturated heterocycles. The van der Waals surface area contributed by atoms with E-state index in [2.05, 4.69) is 21.0 Å². The molecule has 0 radical (unpaired) electrons. The van der Waals surface area contributed by atoms with E-state index in [4.69, 9.17) is 9.47 Å². The smallest absolute Gasteiger partial charge is 0.125 e. The second kappa shape index (κ2) is 6.88. The van der Waals surface area contributed by atoms with E-state index >= 15 is 0 Å². The van der Waals surface area contributed by atoms with Gasteiger partial charge in [0.15, 0.2) is 0 Å². The summed E-state index contributed by atoms with van der Waals surface area (Å²) >= 11 is 3.43. The number of hydrogen-bond acceptors (Lipinski definition) is 4. The van der Waals surface area contributed by atoms with Crippen LogP contribution in [0.5, 0.6) is 5.75 Å². The summed E-state index contributed by atoms with van der Waals surface area (Å²) < 4.78 is 12.8. The van der Waals surface area contributed by atoms with Gasteiger partial charge in [-0.2, -0.15) is 5.10 Å². The number of rotatable bonds is 6. The lowest BCUT2D eigenvalue weighted by Crippen LogP contribution is -2.14. The topological polar surface area (TPSA) is 56.5 Å². The molecular formula is C14H17BrN2O3. The quantitative estimate of drug-likeness (QED) is 0.877. The molecule has 0 saturated carbocycles. The first kappa shape index (κ1) is 15.0. The predicted molar refractivity (Wildman–Crippen MR) is 78.9 cm³/mol. The minimum absolute atomic E-state index is 0.528. The summed E-state index contributed by atoms with van der Waals surface area (Å²) in [6.07, 6.45) is 0.851. The van der Waals surface area contributed by atoms with Crippen molar-refractivity contribution in [3.8, 4) is 5.75 Å². The molecule has 108 valence electrons. The van der Waals surface area contributed by atoms with Gasteiger partial charge in [-0.15, -0.1) is 0 Å². The Balaban J connectivity index is 2.37. The number of aromatic nitrogens is 2. The van der Waals surface area contributed by atoms with E-state index in [1.807, 2.05) is 24.3 Å². The van der Waals surface area contributed by atoms with E-state index in [1.54, 1.807) is 25.1 Å². The molecule has 1 heterocycles. The van der Waals surface area contributed by atoms with E-state index in [-0.39, 0.29) is 0 Å². The molecule has 0 aliphatic carbocycles. The van der Waals surface area contributed by atoms with Gasteiger partial charge in [0.1, 0.15) is 11.9 Å². The summed E-state index contributed by atoms with van der Waals surface area (Å²) in [5.74, 6) is 0.645. The van der Waals surface area contributed by atoms with Gasteiger partial charge >= 0.3 is 0 Å². The largest absolute Gasteiger partial charge is 0.496 e. The molecular weight excluding hydrogens is 324 g/mol. The molecule has 1 N–H and O–H groups in total. The van der Waals surface area contributed by atoms with Crippen molar-refractivity contribution in [3.05, 3.63) is 46.2 Å². The van der Waals surface area contributed by atoms with Crippen LogP contribution in [0.1, 0.15) is 17.4 Å². The average molecular weight is 341 g/mol. The minimum atomic E-state index is -0.820. The number of halogens is 1. The van der Waals surface area contributed by atoms with Gasteiger partial charge in [-0.3, -0.25) is 4.68 Å². The number of methoxy groups -OCH3 is 2. The number of ether oxygens (including phenoxy) is 2. The number of hydrogen-bond donors (Lipinski definition) is 1. The summed E-state index contributed by atoms with van der Waals surface area (Å²) in [7, 11) is 3.22. The molecule has 1 aromatic carbocycles. The molecule has 0 aliphatic heterocycles. The van der Waals surface area contributed by atoms with Gasteiger partial charge in [0, 0.05) is 12.7 Å². The lowest BCUT2D eigenvalue weighted by molar-refractivity contribution is 0.170. The second-order valence-corrected chi connectivity index (χ2v) is 5.09. The summed E-state index contributed by atoms with van der Waals surface area (Å²) in [5.41, 5.74) is 1.39. The fourth-order valence-corrected chi connectivity index (χ4v) is 2.55. The number of aliphatic hydroxyl groups is 1. The lowest BCUT2D eigenvalue weighted by atomic mass is 10.1. The number of aliphatic hydroxyl groups excluding tert-OH is 1. The summed E-state index contributed by atoms with van der Waals surface area (Å²) in [6.45, 7) is 1.10. The zero-order valence-corrected chi connectivity index (χ0v) is 13.0. The fraction of sp³-hybridized carbons (Fsp3) is 0.357. The summed E-state index contributed by atoms with van der Waals surface area (Å²) in [4.78, 5) is 0. The molecule has 1 atom stereocenters. The van der Waals surface area contributed by atoms with Gasteiger partial charge in [-0.25, -0.2) is 0 Å². The Morgan fingerprint density at radius 2 is 2.10 bits per heavy atom. The van der Waals surface area contributed by atoms with Crippen LogP contribution in [0.15, 0.2) is 34.9 Å². The highest BCUT2D eigenvalue weighted by molar-refractivity contribution is 9.10. The van der Waals surface area contributed by atoms with Gasteiger partial charge in [-0.05, 0) is 22.0 Å². The highest BCUT2D eigenvalue weighted by Crippen LogP contribution is 2.33. The van der Waals surface area contributed by atoms with Gasteiger partial charge in [0.25, 0.3) is 0 Å². The van der Waals surface area contributed by atoms with Crippen LogP contribution in [0.25, 0.3) is 0 Å². The van der Waals surface area contributed by atoms with Crippen LogP contribution in [0.4, 0.5) is 0 Å². The minimum Gasteiger partial charge on any atom is -0.496 e. The maximum absolute atomic E-state index is 10.6. The van der Waals surface area contributed by atoms with Crippen molar-refractivity contribution in [2.75, 3.05) is 20.8 Å². The predicted octanol–water partition coefficient (Wildman–Crippen LogP) is 2.38. The van der Waals surface area contributed by atoms with Crippen molar-refractivity contribution in [2.24, 2.45) is 0 Å². The van der Waals surface area contributed by atoms with Crippen molar-refractivity contribution in [2.45, 2.75) is 12.6 Å². The fourth-order valence-electron chi connectivity index (χ4n) is 2.04. The molecule has 2 rings (SSSR count). The van der Waals surface area contributed by atoms with Gasteiger partial charge in [0.05, 0.1) is 36.6 Å². The molecule has 0 bridgehead atoms. The van der Waals surface area contributed by atoms with Crippen LogP contribution in [0.3, 0.4) is 0 Å². The van der Waals surface area contributed by atoms with Crippen molar-refractivity contribution in [3.63, 3.8) is 0 Å². The van der Waals surface area contributed by atoms with Gasteiger partial charge in [0.2, 0.25) is 0 Å². The van der Waals surface area contributed by atoms with Crippen LogP contribution < -0.4 is 4.74 Å². The molecule has 0 spiro atoms. The summed E-state index contributed by atoms with van der Waals surface area (Å²) in [5, 5.41) is 14.9. The molecule has 0 aliphatic rings.